The number of carboxylic acids is 1. The summed E-state index contributed by atoms with van der Waals surface area (Å²) in [5.41, 5.74) is 2.53. The van der Waals surface area contributed by atoms with Crippen molar-refractivity contribution in [3.63, 3.8) is 0 Å². The van der Waals surface area contributed by atoms with Crippen LogP contribution in [0.25, 0.3) is 0 Å². The Hall–Kier alpha value is -2.82. The van der Waals surface area contributed by atoms with Crippen molar-refractivity contribution in [3.05, 3.63) is 65.2 Å². The van der Waals surface area contributed by atoms with Gasteiger partial charge in [-0.1, -0.05) is 54.5 Å². The highest BCUT2D eigenvalue weighted by Gasteiger charge is 2.13. The molecule has 2 rings (SSSR count). The molecule has 0 aliphatic heterocycles. The number of oxime groups is 1. The van der Waals surface area contributed by atoms with Gasteiger partial charge in [-0.2, -0.15) is 0 Å². The summed E-state index contributed by atoms with van der Waals surface area (Å²) in [5.74, 6) is -0.656. The van der Waals surface area contributed by atoms with E-state index >= 15 is 0 Å². The van der Waals surface area contributed by atoms with E-state index in [1.165, 1.54) is 0 Å². The molecule has 2 aromatic rings. The van der Waals surface area contributed by atoms with Gasteiger partial charge in [0.1, 0.15) is 11.5 Å². The van der Waals surface area contributed by atoms with Crippen LogP contribution in [0.4, 0.5) is 0 Å². The van der Waals surface area contributed by atoms with E-state index in [1.807, 2.05) is 49.4 Å². The Labute approximate surface area is 129 Å². The molecule has 116 valence electrons. The van der Waals surface area contributed by atoms with Crippen LogP contribution >= 0.6 is 0 Å². The first-order valence-electron chi connectivity index (χ1n) is 6.79. The molecule has 0 aliphatic rings. The van der Waals surface area contributed by atoms with Gasteiger partial charge < -0.3 is 15.4 Å². The van der Waals surface area contributed by atoms with Crippen molar-refractivity contribution in [2.24, 2.45) is 5.16 Å². The first kappa shape index (κ1) is 17.2. The fourth-order valence-corrected chi connectivity index (χ4v) is 1.93. The quantitative estimate of drug-likeness (QED) is 0.461. The number of aromatic hydroxyl groups is 1. The molecule has 5 nitrogen and oxygen atoms in total. The van der Waals surface area contributed by atoms with Crippen molar-refractivity contribution in [2.45, 2.75) is 20.3 Å². The second kappa shape index (κ2) is 8.46. The lowest BCUT2D eigenvalue weighted by Crippen LogP contribution is -2.04. The first-order valence-corrected chi connectivity index (χ1v) is 6.79. The number of aryl methyl sites for hydroxylation is 1. The van der Waals surface area contributed by atoms with Crippen LogP contribution in [0, 0.1) is 0 Å². The molecule has 5 heteroatoms. The summed E-state index contributed by atoms with van der Waals surface area (Å²) < 4.78 is 0. The summed E-state index contributed by atoms with van der Waals surface area (Å²) >= 11 is 0. The minimum absolute atomic E-state index is 0.177. The van der Waals surface area contributed by atoms with Gasteiger partial charge in [0.15, 0.2) is 0 Å². The van der Waals surface area contributed by atoms with E-state index in [9.17, 15) is 10.3 Å². The molecule has 0 bridgehead atoms. The summed E-state index contributed by atoms with van der Waals surface area (Å²) in [7, 11) is 0. The predicted octanol–water partition coefficient (Wildman–Crippen LogP) is 3.27. The molecular weight excluding hydrogens is 282 g/mol. The molecule has 0 atom stereocenters. The second-order valence-corrected chi connectivity index (χ2v) is 4.50. The normalized spacial score (nSPS) is 10.5. The van der Waals surface area contributed by atoms with E-state index in [2.05, 4.69) is 5.16 Å². The molecule has 0 fully saturated rings. The minimum Gasteiger partial charge on any atom is -0.507 e. The van der Waals surface area contributed by atoms with Gasteiger partial charge in [0, 0.05) is 18.1 Å². The number of para-hydroxylation sites is 1. The smallest absolute Gasteiger partial charge is 0.300 e. The fraction of sp³-hybridized carbons (Fsp3) is 0.176. The summed E-state index contributed by atoms with van der Waals surface area (Å²) in [6, 6.07) is 14.8. The van der Waals surface area contributed by atoms with Crippen LogP contribution in [0.5, 0.6) is 5.75 Å². The van der Waals surface area contributed by atoms with E-state index in [-0.39, 0.29) is 5.75 Å². The van der Waals surface area contributed by atoms with Crippen molar-refractivity contribution in [1.82, 2.24) is 0 Å². The number of carboxylic acid groups (broad SMARTS) is 1. The third kappa shape index (κ3) is 4.63. The first-order chi connectivity index (χ1) is 10.5. The van der Waals surface area contributed by atoms with Crippen molar-refractivity contribution >= 4 is 11.7 Å². The van der Waals surface area contributed by atoms with E-state index < -0.39 is 5.97 Å². The van der Waals surface area contributed by atoms with Gasteiger partial charge >= 0.3 is 0 Å². The second-order valence-electron chi connectivity index (χ2n) is 4.50. The Kier molecular flexibility index (Phi) is 6.63. The highest BCUT2D eigenvalue weighted by Crippen LogP contribution is 2.25. The topological polar surface area (TPSA) is 90.1 Å². The Morgan fingerprint density at radius 2 is 1.68 bits per heavy atom. The van der Waals surface area contributed by atoms with Crippen molar-refractivity contribution in [1.29, 1.82) is 0 Å². The van der Waals surface area contributed by atoms with Crippen molar-refractivity contribution in [2.75, 3.05) is 0 Å². The number of hydrogen-bond acceptors (Lipinski definition) is 4. The molecule has 0 saturated carbocycles. The SMILES string of the molecule is CC(=O)O.CCc1cccc(C(=NO)c2ccccc2)c1O. The Bertz CT molecular complexity index is 647. The molecule has 0 amide bonds. The number of nitrogens with zero attached hydrogens (tertiary/aromatic N) is 1. The molecule has 0 saturated heterocycles. The molecule has 0 heterocycles. The zero-order valence-electron chi connectivity index (χ0n) is 12.5. The Morgan fingerprint density at radius 3 is 2.18 bits per heavy atom. The maximum absolute atomic E-state index is 10.2. The Morgan fingerprint density at radius 1 is 1.09 bits per heavy atom. The minimum atomic E-state index is -0.833. The largest absolute Gasteiger partial charge is 0.507 e. The van der Waals surface area contributed by atoms with Crippen LogP contribution in [0.1, 0.15) is 30.5 Å². The lowest BCUT2D eigenvalue weighted by molar-refractivity contribution is -0.134. The molecule has 0 aliphatic carbocycles. The van der Waals surface area contributed by atoms with Crippen LogP contribution < -0.4 is 0 Å². The fourth-order valence-electron chi connectivity index (χ4n) is 1.93. The number of phenolic OH excluding ortho intramolecular Hbond substituents is 1. The highest BCUT2D eigenvalue weighted by atomic mass is 16.4. The van der Waals surface area contributed by atoms with E-state index in [0.717, 1.165) is 24.5 Å². The lowest BCUT2D eigenvalue weighted by atomic mass is 9.98. The molecule has 2 aromatic carbocycles. The highest BCUT2D eigenvalue weighted by molar-refractivity contribution is 6.14. The zero-order valence-corrected chi connectivity index (χ0v) is 12.5. The Balaban J connectivity index is 0.000000541. The van der Waals surface area contributed by atoms with Gasteiger partial charge in [-0.3, -0.25) is 4.79 Å². The van der Waals surface area contributed by atoms with Crippen LogP contribution in [0.3, 0.4) is 0 Å². The maximum atomic E-state index is 10.2. The summed E-state index contributed by atoms with van der Waals surface area (Å²) in [6.45, 7) is 3.05. The van der Waals surface area contributed by atoms with Crippen LogP contribution in [0.2, 0.25) is 0 Å². The van der Waals surface area contributed by atoms with Gasteiger partial charge in [0.25, 0.3) is 5.97 Å². The van der Waals surface area contributed by atoms with Gasteiger partial charge in [0.2, 0.25) is 0 Å². The molecule has 0 aromatic heterocycles. The third-order valence-electron chi connectivity index (χ3n) is 2.90. The van der Waals surface area contributed by atoms with E-state index in [1.54, 1.807) is 6.07 Å². The maximum Gasteiger partial charge on any atom is 0.300 e. The molecule has 0 radical (unpaired) electrons. The lowest BCUT2D eigenvalue weighted by Gasteiger charge is -2.10. The van der Waals surface area contributed by atoms with Crippen LogP contribution in [0.15, 0.2) is 53.7 Å². The van der Waals surface area contributed by atoms with Crippen molar-refractivity contribution < 1.29 is 20.2 Å². The number of benzene rings is 2. The average molecular weight is 301 g/mol. The molecule has 22 heavy (non-hydrogen) atoms. The van der Waals surface area contributed by atoms with Gasteiger partial charge in [0.05, 0.1) is 0 Å². The van der Waals surface area contributed by atoms with E-state index in [0.29, 0.717) is 11.3 Å². The van der Waals surface area contributed by atoms with Gasteiger partial charge in [-0.15, -0.1) is 0 Å². The number of carbonyl (C=O) groups is 1. The number of rotatable bonds is 3. The molecule has 0 unspecified atom stereocenters. The number of phenols is 1. The summed E-state index contributed by atoms with van der Waals surface area (Å²) in [4.78, 5) is 9.00. The number of hydrogen-bond donors (Lipinski definition) is 3. The standard InChI is InChI=1S/C15H15NO2.C2H4O2/c1-2-11-9-6-10-13(15(11)17)14(16-18)12-7-4-3-5-8-12;1-2(3)4/h3-10,17-18H,2H2,1H3;1H3,(H,3,4). The summed E-state index contributed by atoms with van der Waals surface area (Å²) in [6.07, 6.45) is 0.729. The molecule has 0 spiro atoms. The van der Waals surface area contributed by atoms with Crippen LogP contribution in [-0.2, 0) is 11.2 Å². The van der Waals surface area contributed by atoms with E-state index in [4.69, 9.17) is 9.90 Å². The van der Waals surface area contributed by atoms with Gasteiger partial charge in [-0.25, -0.2) is 0 Å². The van der Waals surface area contributed by atoms with Gasteiger partial charge in [-0.05, 0) is 18.1 Å². The summed E-state index contributed by atoms with van der Waals surface area (Å²) in [5, 5.41) is 30.1. The van der Waals surface area contributed by atoms with Crippen LogP contribution in [-0.4, -0.2) is 27.1 Å². The zero-order chi connectivity index (χ0) is 16.5. The monoisotopic (exact) mass is 301 g/mol. The average Bonchev–Trinajstić information content (AvgIpc) is 2.50. The molecular formula is C17H19NO4. The third-order valence-corrected chi connectivity index (χ3v) is 2.90. The molecule has 3 N–H and O–H groups in total. The van der Waals surface area contributed by atoms with Crippen molar-refractivity contribution in [3.8, 4) is 5.75 Å². The number of aliphatic carboxylic acids is 1. The predicted molar refractivity (Wildman–Crippen MR) is 84.7 cm³/mol.